The van der Waals surface area contributed by atoms with Gasteiger partial charge in [0.05, 0.1) is 17.5 Å². The topological polar surface area (TPSA) is 71.3 Å². The monoisotopic (exact) mass is 306 g/mol. The molecule has 3 heterocycles. The van der Waals surface area contributed by atoms with Gasteiger partial charge in [-0.15, -0.1) is 11.3 Å². The molecule has 2 aromatic rings. The van der Waals surface area contributed by atoms with Crippen molar-refractivity contribution in [3.8, 4) is 10.7 Å². The molecule has 0 aliphatic carbocycles. The number of nitrogens with one attached hydrogen (secondary N) is 1. The van der Waals surface area contributed by atoms with Crippen LogP contribution in [0, 0.1) is 0 Å². The fourth-order valence-corrected chi connectivity index (χ4v) is 3.29. The van der Waals surface area contributed by atoms with E-state index in [1.54, 1.807) is 18.4 Å². The van der Waals surface area contributed by atoms with Crippen molar-refractivity contribution in [2.45, 2.75) is 31.8 Å². The van der Waals surface area contributed by atoms with Crippen LogP contribution in [0.25, 0.3) is 10.7 Å². The third kappa shape index (κ3) is 3.14. The van der Waals surface area contributed by atoms with Crippen LogP contribution < -0.4 is 5.32 Å². The number of likely N-dealkylation sites (tertiary alicyclic amines) is 1. The van der Waals surface area contributed by atoms with Crippen LogP contribution in [0.4, 0.5) is 0 Å². The van der Waals surface area contributed by atoms with Crippen LogP contribution in [0.3, 0.4) is 0 Å². The lowest BCUT2D eigenvalue weighted by atomic mass is 10.0. The third-order valence-corrected chi connectivity index (χ3v) is 4.58. The van der Waals surface area contributed by atoms with Gasteiger partial charge in [-0.2, -0.15) is 4.98 Å². The molecule has 0 aromatic carbocycles. The number of carbonyl (C=O) groups is 1. The Hall–Kier alpha value is -1.73. The highest BCUT2D eigenvalue weighted by atomic mass is 32.1. The Morgan fingerprint density at radius 2 is 2.48 bits per heavy atom. The number of piperidine rings is 1. The molecular formula is C14H18N4O2S. The number of aromatic nitrogens is 2. The summed E-state index contributed by atoms with van der Waals surface area (Å²) in [6.45, 7) is 1.41. The largest absolute Gasteiger partial charge is 0.358 e. The van der Waals surface area contributed by atoms with E-state index >= 15 is 0 Å². The summed E-state index contributed by atoms with van der Waals surface area (Å²) in [7, 11) is 1.68. The zero-order chi connectivity index (χ0) is 14.7. The van der Waals surface area contributed by atoms with E-state index in [9.17, 15) is 4.79 Å². The molecular weight excluding hydrogens is 288 g/mol. The van der Waals surface area contributed by atoms with Crippen molar-refractivity contribution in [3.05, 3.63) is 23.4 Å². The maximum Gasteiger partial charge on any atom is 0.241 e. The Labute approximate surface area is 127 Å². The zero-order valence-electron chi connectivity index (χ0n) is 11.9. The van der Waals surface area contributed by atoms with Gasteiger partial charge >= 0.3 is 0 Å². The number of carbonyl (C=O) groups excluding carboxylic acids is 1. The van der Waals surface area contributed by atoms with Crippen molar-refractivity contribution in [3.63, 3.8) is 0 Å². The van der Waals surface area contributed by atoms with E-state index in [-0.39, 0.29) is 11.9 Å². The SMILES string of the molecule is CNC(=O)[C@H]1CCCCN1Cc1nc(-c2cccs2)no1. The first-order chi connectivity index (χ1) is 10.3. The van der Waals surface area contributed by atoms with E-state index in [0.717, 1.165) is 30.7 Å². The molecule has 1 aliphatic rings. The van der Waals surface area contributed by atoms with Gasteiger partial charge in [-0.05, 0) is 30.8 Å². The minimum atomic E-state index is -0.0964. The predicted octanol–water partition coefficient (Wildman–Crippen LogP) is 1.90. The van der Waals surface area contributed by atoms with Gasteiger partial charge in [-0.3, -0.25) is 9.69 Å². The quantitative estimate of drug-likeness (QED) is 0.934. The highest BCUT2D eigenvalue weighted by molar-refractivity contribution is 7.13. The van der Waals surface area contributed by atoms with Crippen molar-refractivity contribution < 1.29 is 9.32 Å². The van der Waals surface area contributed by atoms with E-state index < -0.39 is 0 Å². The molecule has 0 radical (unpaired) electrons. The molecule has 7 heteroatoms. The number of nitrogens with zero attached hydrogens (tertiary/aromatic N) is 3. The highest BCUT2D eigenvalue weighted by Gasteiger charge is 2.29. The summed E-state index contributed by atoms with van der Waals surface area (Å²) >= 11 is 1.58. The van der Waals surface area contributed by atoms with Gasteiger partial charge in [-0.1, -0.05) is 17.6 Å². The number of hydrogen-bond donors (Lipinski definition) is 1. The fraction of sp³-hybridized carbons (Fsp3) is 0.500. The van der Waals surface area contributed by atoms with Gasteiger partial charge in [0.25, 0.3) is 0 Å². The molecule has 2 aromatic heterocycles. The van der Waals surface area contributed by atoms with Gasteiger partial charge in [0.2, 0.25) is 17.6 Å². The van der Waals surface area contributed by atoms with Crippen LogP contribution in [0.1, 0.15) is 25.2 Å². The molecule has 0 spiro atoms. The molecule has 1 aliphatic heterocycles. The molecule has 1 amide bonds. The van der Waals surface area contributed by atoms with Crippen LogP contribution in [0.2, 0.25) is 0 Å². The van der Waals surface area contributed by atoms with Gasteiger partial charge in [0.15, 0.2) is 0 Å². The number of likely N-dealkylation sites (N-methyl/N-ethyl adjacent to an activating group) is 1. The smallest absolute Gasteiger partial charge is 0.241 e. The number of amides is 1. The summed E-state index contributed by atoms with van der Waals surface area (Å²) in [6.07, 6.45) is 3.06. The van der Waals surface area contributed by atoms with E-state index in [2.05, 4.69) is 20.4 Å². The van der Waals surface area contributed by atoms with Gasteiger partial charge < -0.3 is 9.84 Å². The maximum atomic E-state index is 11.9. The Bertz CT molecular complexity index is 596. The van der Waals surface area contributed by atoms with Crippen molar-refractivity contribution in [1.29, 1.82) is 0 Å². The number of rotatable bonds is 4. The van der Waals surface area contributed by atoms with Crippen molar-refractivity contribution in [2.24, 2.45) is 0 Å². The Balaban J connectivity index is 1.71. The molecule has 1 fully saturated rings. The average molecular weight is 306 g/mol. The number of thiophene rings is 1. The summed E-state index contributed by atoms with van der Waals surface area (Å²) in [5.74, 6) is 1.25. The molecule has 1 N–H and O–H groups in total. The molecule has 0 unspecified atom stereocenters. The normalized spacial score (nSPS) is 19.6. The standard InChI is InChI=1S/C14H18N4O2S/c1-15-14(19)10-5-2-3-7-18(10)9-12-16-13(17-20-12)11-6-4-8-21-11/h4,6,8,10H,2-3,5,7,9H2,1H3,(H,15,19)/t10-/m1/s1. The summed E-state index contributed by atoms with van der Waals surface area (Å²) in [5, 5.41) is 8.73. The van der Waals surface area contributed by atoms with Gasteiger partial charge in [0.1, 0.15) is 0 Å². The first-order valence-corrected chi connectivity index (χ1v) is 7.98. The van der Waals surface area contributed by atoms with Gasteiger partial charge in [-0.25, -0.2) is 0 Å². The molecule has 1 saturated heterocycles. The Morgan fingerprint density at radius 3 is 3.24 bits per heavy atom. The minimum absolute atomic E-state index is 0.0627. The van der Waals surface area contributed by atoms with Crippen molar-refractivity contribution in [1.82, 2.24) is 20.4 Å². The lowest BCUT2D eigenvalue weighted by Gasteiger charge is -2.33. The third-order valence-electron chi connectivity index (χ3n) is 3.71. The first-order valence-electron chi connectivity index (χ1n) is 7.10. The van der Waals surface area contributed by atoms with Crippen LogP contribution in [-0.4, -0.2) is 40.6 Å². The van der Waals surface area contributed by atoms with Crippen LogP contribution in [0.5, 0.6) is 0 Å². The summed E-state index contributed by atoms with van der Waals surface area (Å²) in [4.78, 5) is 19.5. The maximum absolute atomic E-state index is 11.9. The zero-order valence-corrected chi connectivity index (χ0v) is 12.7. The second-order valence-corrected chi connectivity index (χ2v) is 6.03. The second kappa shape index (κ2) is 6.36. The van der Waals surface area contributed by atoms with E-state index in [1.807, 2.05) is 17.5 Å². The summed E-state index contributed by atoms with van der Waals surface area (Å²) in [5.41, 5.74) is 0. The van der Waals surface area contributed by atoms with Crippen LogP contribution >= 0.6 is 11.3 Å². The average Bonchev–Trinajstić information content (AvgIpc) is 3.18. The number of hydrogen-bond acceptors (Lipinski definition) is 6. The highest BCUT2D eigenvalue weighted by Crippen LogP contribution is 2.23. The molecule has 112 valence electrons. The van der Waals surface area contributed by atoms with Crippen molar-refractivity contribution in [2.75, 3.05) is 13.6 Å². The second-order valence-electron chi connectivity index (χ2n) is 5.09. The molecule has 6 nitrogen and oxygen atoms in total. The molecule has 0 saturated carbocycles. The summed E-state index contributed by atoms with van der Waals surface area (Å²) < 4.78 is 5.33. The van der Waals surface area contributed by atoms with E-state index in [0.29, 0.717) is 18.3 Å². The molecule has 0 bridgehead atoms. The first kappa shape index (κ1) is 14.2. The molecule has 1 atom stereocenters. The fourth-order valence-electron chi connectivity index (χ4n) is 2.64. The Morgan fingerprint density at radius 1 is 1.57 bits per heavy atom. The van der Waals surface area contributed by atoms with Gasteiger partial charge in [0, 0.05) is 7.05 Å². The summed E-state index contributed by atoms with van der Waals surface area (Å²) in [6, 6.07) is 3.83. The van der Waals surface area contributed by atoms with E-state index in [4.69, 9.17) is 4.52 Å². The van der Waals surface area contributed by atoms with E-state index in [1.165, 1.54) is 0 Å². The lowest BCUT2D eigenvalue weighted by Crippen LogP contribution is -2.48. The van der Waals surface area contributed by atoms with Crippen molar-refractivity contribution >= 4 is 17.2 Å². The van der Waals surface area contributed by atoms with Crippen LogP contribution in [-0.2, 0) is 11.3 Å². The molecule has 21 heavy (non-hydrogen) atoms. The molecule has 3 rings (SSSR count). The Kier molecular flexibility index (Phi) is 4.31. The predicted molar refractivity (Wildman–Crippen MR) is 79.7 cm³/mol. The lowest BCUT2D eigenvalue weighted by molar-refractivity contribution is -0.127. The minimum Gasteiger partial charge on any atom is -0.358 e. The van der Waals surface area contributed by atoms with Crippen LogP contribution in [0.15, 0.2) is 22.0 Å².